The fourth-order valence-electron chi connectivity index (χ4n) is 7.02. The van der Waals surface area contributed by atoms with Crippen molar-refractivity contribution in [2.75, 3.05) is 48.3 Å². The summed E-state index contributed by atoms with van der Waals surface area (Å²) in [5, 5.41) is 42.2. The molecule has 266 valence electrons. The molecule has 13 nitrogen and oxygen atoms in total. The van der Waals surface area contributed by atoms with E-state index in [2.05, 4.69) is 31.6 Å². The number of hydrogen-bond acceptors (Lipinski definition) is 9. The quantitative estimate of drug-likeness (QED) is 0.148. The van der Waals surface area contributed by atoms with E-state index in [1.54, 1.807) is 34.0 Å². The van der Waals surface area contributed by atoms with Crippen LogP contribution in [0.2, 0.25) is 0 Å². The summed E-state index contributed by atoms with van der Waals surface area (Å²) >= 11 is 0. The number of hydrogen-bond donors (Lipinski definition) is 6. The first-order chi connectivity index (χ1) is 24.3. The molecule has 4 atom stereocenters. The van der Waals surface area contributed by atoms with Crippen LogP contribution in [-0.2, 0) is 39.5 Å². The van der Waals surface area contributed by atoms with Gasteiger partial charge < -0.3 is 36.4 Å². The molecule has 0 spiro atoms. The van der Waals surface area contributed by atoms with Gasteiger partial charge in [0.2, 0.25) is 11.8 Å². The maximum Gasteiger partial charge on any atom is 0.264 e. The van der Waals surface area contributed by atoms with Crippen LogP contribution >= 0.6 is 0 Å². The van der Waals surface area contributed by atoms with Crippen LogP contribution in [0.3, 0.4) is 0 Å². The summed E-state index contributed by atoms with van der Waals surface area (Å²) in [5.41, 5.74) is 1.92. The molecule has 3 aliphatic heterocycles. The van der Waals surface area contributed by atoms with Gasteiger partial charge in [0.25, 0.3) is 5.91 Å². The van der Waals surface area contributed by atoms with Crippen molar-refractivity contribution >= 4 is 34.8 Å². The molecule has 50 heavy (non-hydrogen) atoms. The molecular weight excluding hydrogens is 636 g/mol. The average molecular weight is 685 g/mol. The van der Waals surface area contributed by atoms with Gasteiger partial charge in [0.1, 0.15) is 0 Å². The highest BCUT2D eigenvalue weighted by atomic mass is 16.3. The normalized spacial score (nSPS) is 22.8. The van der Waals surface area contributed by atoms with Crippen molar-refractivity contribution < 1.29 is 24.6 Å². The lowest BCUT2D eigenvalue weighted by Gasteiger charge is -2.28. The maximum atomic E-state index is 14.3. The third-order valence-electron chi connectivity index (χ3n) is 10.00. The number of anilines is 3. The largest absolute Gasteiger partial charge is 0.396 e. The molecule has 0 aliphatic carbocycles. The maximum absolute atomic E-state index is 14.3. The van der Waals surface area contributed by atoms with Crippen molar-refractivity contribution in [2.24, 2.45) is 17.8 Å². The number of nitrogens with one attached hydrogen (secondary N) is 4. The number of benzene rings is 2. The van der Waals surface area contributed by atoms with Crippen LogP contribution in [0.5, 0.6) is 0 Å². The number of aliphatic hydroxyl groups excluding tert-OH is 1. The third-order valence-corrected chi connectivity index (χ3v) is 10.00. The standard InChI is InChI=1S/C37H48N8O5/c1-25(6-2-3-18-44-24-31(15-19-46)42-43-44)37(50)32-20-30(41-35(48)28-8-5-17-39-22-28)13-14-33(32)45(36(37)49)23-26-9-11-29(12-10-26)40-34(47)27-7-4-16-38-21-27/h2,6,9-14,20,24-25,27-28,38-39,46,50H,3-5,7-8,15-19,21-23H2,1H3,(H,40,47)(H,41,48)/b6-2+/t25-,27?,28?,37+/m0/s1. The number of rotatable bonds is 13. The Morgan fingerprint density at radius 1 is 1.02 bits per heavy atom. The highest BCUT2D eigenvalue weighted by molar-refractivity contribution is 6.08. The molecule has 6 rings (SSSR count). The van der Waals surface area contributed by atoms with Gasteiger partial charge in [-0.25, -0.2) is 0 Å². The molecule has 0 radical (unpaired) electrons. The van der Waals surface area contributed by atoms with E-state index in [-0.39, 0.29) is 36.8 Å². The van der Waals surface area contributed by atoms with Crippen LogP contribution in [0.1, 0.15) is 55.8 Å². The predicted octanol–water partition coefficient (Wildman–Crippen LogP) is 2.71. The number of carbonyl (C=O) groups excluding carboxylic acids is 3. The van der Waals surface area contributed by atoms with E-state index in [9.17, 15) is 19.5 Å². The van der Waals surface area contributed by atoms with Gasteiger partial charge in [0.15, 0.2) is 5.60 Å². The Balaban J connectivity index is 1.19. The summed E-state index contributed by atoms with van der Waals surface area (Å²) in [6.07, 6.45) is 10.2. The van der Waals surface area contributed by atoms with E-state index in [1.807, 2.05) is 43.3 Å². The van der Waals surface area contributed by atoms with Gasteiger partial charge in [-0.15, -0.1) is 5.10 Å². The molecule has 4 heterocycles. The number of piperidine rings is 2. The molecule has 3 amide bonds. The molecular formula is C37H48N8O5. The average Bonchev–Trinajstić information content (AvgIpc) is 3.68. The zero-order valence-electron chi connectivity index (χ0n) is 28.6. The molecule has 2 fully saturated rings. The molecule has 0 saturated carbocycles. The zero-order chi connectivity index (χ0) is 35.1. The number of aliphatic hydroxyl groups is 2. The van der Waals surface area contributed by atoms with Gasteiger partial charge in [0.05, 0.1) is 29.8 Å². The van der Waals surface area contributed by atoms with E-state index in [0.717, 1.165) is 44.3 Å². The second kappa shape index (κ2) is 16.1. The SMILES string of the molecule is C[C@@H](/C=C/CCn1cc(CCO)nn1)[C@]1(O)C(=O)N(Cc2ccc(NC(=O)C3CCCNC3)cc2)c2ccc(NC(=O)C3CCCNC3)cc21. The van der Waals surface area contributed by atoms with Crippen molar-refractivity contribution in [3.8, 4) is 0 Å². The Bertz CT molecular complexity index is 1680. The summed E-state index contributed by atoms with van der Waals surface area (Å²) in [5.74, 6) is -1.34. The number of allylic oxidation sites excluding steroid dienone is 1. The van der Waals surface area contributed by atoms with Crippen LogP contribution in [-0.4, -0.2) is 75.7 Å². The summed E-state index contributed by atoms with van der Waals surface area (Å²) < 4.78 is 1.70. The Hall–Kier alpha value is -4.43. The topological polar surface area (TPSA) is 174 Å². The fourth-order valence-corrected chi connectivity index (χ4v) is 7.02. The number of amides is 3. The van der Waals surface area contributed by atoms with Crippen molar-refractivity contribution in [2.45, 2.75) is 64.1 Å². The first kappa shape index (κ1) is 35.4. The van der Waals surface area contributed by atoms with Crippen LogP contribution < -0.4 is 26.2 Å². The van der Waals surface area contributed by atoms with Crippen molar-refractivity contribution in [1.29, 1.82) is 0 Å². The molecule has 13 heteroatoms. The summed E-state index contributed by atoms with van der Waals surface area (Å²) in [7, 11) is 0. The lowest BCUT2D eigenvalue weighted by molar-refractivity contribution is -0.139. The number of carbonyl (C=O) groups is 3. The van der Waals surface area contributed by atoms with Gasteiger partial charge in [-0.1, -0.05) is 36.4 Å². The van der Waals surface area contributed by atoms with E-state index >= 15 is 0 Å². The minimum atomic E-state index is -1.87. The van der Waals surface area contributed by atoms with Gasteiger partial charge >= 0.3 is 0 Å². The predicted molar refractivity (Wildman–Crippen MR) is 190 cm³/mol. The second-order valence-corrected chi connectivity index (χ2v) is 13.6. The molecule has 1 aromatic heterocycles. The van der Waals surface area contributed by atoms with Gasteiger partial charge in [-0.3, -0.25) is 19.1 Å². The number of fused-ring (bicyclic) bond motifs is 1. The minimum absolute atomic E-state index is 0.00362. The lowest BCUT2D eigenvalue weighted by atomic mass is 9.82. The number of aromatic nitrogens is 3. The smallest absolute Gasteiger partial charge is 0.264 e. The molecule has 2 aromatic carbocycles. The first-order valence-corrected chi connectivity index (χ1v) is 17.7. The highest BCUT2D eigenvalue weighted by Crippen LogP contribution is 2.47. The minimum Gasteiger partial charge on any atom is -0.396 e. The molecule has 2 saturated heterocycles. The fraction of sp³-hybridized carbons (Fsp3) is 0.486. The van der Waals surface area contributed by atoms with Gasteiger partial charge in [0, 0.05) is 61.7 Å². The molecule has 3 aromatic rings. The van der Waals surface area contributed by atoms with E-state index < -0.39 is 17.4 Å². The van der Waals surface area contributed by atoms with Crippen molar-refractivity contribution in [3.63, 3.8) is 0 Å². The Morgan fingerprint density at radius 3 is 2.32 bits per heavy atom. The Kier molecular flexibility index (Phi) is 11.4. The molecule has 6 N–H and O–H groups in total. The number of nitrogens with zero attached hydrogens (tertiary/aromatic N) is 4. The van der Waals surface area contributed by atoms with E-state index in [4.69, 9.17) is 5.11 Å². The van der Waals surface area contributed by atoms with Crippen LogP contribution in [0, 0.1) is 17.8 Å². The molecule has 0 bridgehead atoms. The Morgan fingerprint density at radius 2 is 1.68 bits per heavy atom. The zero-order valence-corrected chi connectivity index (χ0v) is 28.6. The number of aryl methyl sites for hydroxylation is 1. The monoisotopic (exact) mass is 684 g/mol. The van der Waals surface area contributed by atoms with Crippen LogP contribution in [0.25, 0.3) is 0 Å². The third kappa shape index (κ3) is 7.96. The van der Waals surface area contributed by atoms with Gasteiger partial charge in [-0.2, -0.15) is 0 Å². The summed E-state index contributed by atoms with van der Waals surface area (Å²) in [6.45, 7) is 5.72. The Labute approximate surface area is 292 Å². The first-order valence-electron chi connectivity index (χ1n) is 17.7. The highest BCUT2D eigenvalue weighted by Gasteiger charge is 2.52. The van der Waals surface area contributed by atoms with Crippen LogP contribution in [0.4, 0.5) is 17.1 Å². The molecule has 2 unspecified atom stereocenters. The summed E-state index contributed by atoms with van der Waals surface area (Å²) in [4.78, 5) is 41.7. The summed E-state index contributed by atoms with van der Waals surface area (Å²) in [6, 6.07) is 12.7. The second-order valence-electron chi connectivity index (χ2n) is 13.6. The van der Waals surface area contributed by atoms with Gasteiger partial charge in [-0.05, 0) is 81.1 Å². The van der Waals surface area contributed by atoms with Crippen LogP contribution in [0.15, 0.2) is 60.8 Å². The van der Waals surface area contributed by atoms with Crippen molar-refractivity contribution in [3.05, 3.63) is 77.6 Å². The van der Waals surface area contributed by atoms with E-state index in [1.165, 1.54) is 0 Å². The van der Waals surface area contributed by atoms with E-state index in [0.29, 0.717) is 60.8 Å². The molecule has 3 aliphatic rings. The van der Waals surface area contributed by atoms with Crippen molar-refractivity contribution in [1.82, 2.24) is 25.6 Å². The lowest BCUT2D eigenvalue weighted by Crippen LogP contribution is -2.44.